The van der Waals surface area contributed by atoms with Gasteiger partial charge in [0, 0.05) is 23.4 Å². The van der Waals surface area contributed by atoms with Crippen molar-refractivity contribution in [2.24, 2.45) is 0 Å². The molecule has 0 radical (unpaired) electrons. The number of amides is 1. The van der Waals surface area contributed by atoms with Crippen LogP contribution in [0.15, 0.2) is 27.4 Å². The number of fused-ring (bicyclic) bond motifs is 2. The van der Waals surface area contributed by atoms with E-state index in [1.165, 1.54) is 25.1 Å². The number of hydrogen-bond donors (Lipinski definition) is 3. The van der Waals surface area contributed by atoms with Crippen LogP contribution in [0, 0.1) is 0 Å². The molecule has 37 heavy (non-hydrogen) atoms. The van der Waals surface area contributed by atoms with Gasteiger partial charge in [-0.05, 0) is 25.1 Å². The zero-order valence-corrected chi connectivity index (χ0v) is 19.2. The van der Waals surface area contributed by atoms with Crippen LogP contribution in [0.1, 0.15) is 24.8 Å². The summed E-state index contributed by atoms with van der Waals surface area (Å²) in [5, 5.41) is 12.9. The Bertz CT molecular complexity index is 1630. The van der Waals surface area contributed by atoms with E-state index in [4.69, 9.17) is 21.8 Å². The van der Waals surface area contributed by atoms with Crippen molar-refractivity contribution in [3.05, 3.63) is 45.2 Å². The van der Waals surface area contributed by atoms with Gasteiger partial charge in [0.2, 0.25) is 11.8 Å². The van der Waals surface area contributed by atoms with Gasteiger partial charge < -0.3 is 15.5 Å². The van der Waals surface area contributed by atoms with Crippen LogP contribution in [-0.4, -0.2) is 48.0 Å². The molecule has 0 spiro atoms. The quantitative estimate of drug-likeness (QED) is 0.323. The number of nitrogens with zero attached hydrogens (tertiary/aromatic N) is 5. The Morgan fingerprint density at radius 2 is 1.92 bits per heavy atom. The summed E-state index contributed by atoms with van der Waals surface area (Å²) < 4.78 is 71.1. The monoisotopic (exact) mass is 544 g/mol. The first kappa shape index (κ1) is 24.6. The molecule has 1 amide bonds. The molecule has 0 fully saturated rings. The van der Waals surface area contributed by atoms with Crippen molar-refractivity contribution in [2.45, 2.75) is 37.4 Å². The van der Waals surface area contributed by atoms with Crippen LogP contribution in [0.3, 0.4) is 0 Å². The maximum atomic E-state index is 13.6. The van der Waals surface area contributed by atoms with Gasteiger partial charge >= 0.3 is 17.9 Å². The zero-order valence-electron chi connectivity index (χ0n) is 18.5. The highest BCUT2D eigenvalue weighted by Gasteiger charge is 2.57. The number of nitrogen functional groups attached to an aromatic ring is 1. The number of halogens is 6. The van der Waals surface area contributed by atoms with Gasteiger partial charge in [-0.25, -0.2) is 19.9 Å². The Kier molecular flexibility index (Phi) is 5.29. The molecule has 1 aliphatic heterocycles. The van der Waals surface area contributed by atoms with Crippen molar-refractivity contribution in [1.29, 1.82) is 0 Å². The second kappa shape index (κ2) is 7.96. The molecule has 0 aliphatic carbocycles. The molecule has 11 nitrogen and oxygen atoms in total. The molecule has 0 saturated carbocycles. The van der Waals surface area contributed by atoms with Crippen LogP contribution < -0.4 is 16.8 Å². The van der Waals surface area contributed by atoms with Gasteiger partial charge in [-0.3, -0.25) is 9.48 Å². The van der Waals surface area contributed by atoms with E-state index in [2.05, 4.69) is 30.6 Å². The van der Waals surface area contributed by atoms with E-state index in [0.717, 1.165) is 4.68 Å². The maximum absolute atomic E-state index is 13.6. The molecule has 3 aromatic heterocycles. The lowest BCUT2D eigenvalue weighted by Gasteiger charge is -2.19. The molecule has 1 aliphatic rings. The lowest BCUT2D eigenvalue weighted by atomic mass is 9.84. The van der Waals surface area contributed by atoms with Crippen molar-refractivity contribution < 1.29 is 31.2 Å². The predicted octanol–water partition coefficient (Wildman–Crippen LogP) is 3.25. The molecular formula is C20H14ClF5N8O3. The van der Waals surface area contributed by atoms with E-state index in [-0.39, 0.29) is 50.5 Å². The summed E-state index contributed by atoms with van der Waals surface area (Å²) in [5.41, 5.74) is 4.70. The van der Waals surface area contributed by atoms with E-state index in [9.17, 15) is 31.5 Å². The summed E-state index contributed by atoms with van der Waals surface area (Å²) in [6, 6.07) is 4.26. The Morgan fingerprint density at radius 3 is 2.57 bits per heavy atom. The van der Waals surface area contributed by atoms with Crippen molar-refractivity contribution in [1.82, 2.24) is 29.9 Å². The third kappa shape index (κ3) is 3.78. The van der Waals surface area contributed by atoms with Crippen molar-refractivity contribution in [2.75, 3.05) is 11.1 Å². The Hall–Kier alpha value is -4.08. The second-order valence-corrected chi connectivity index (χ2v) is 8.78. The average Bonchev–Trinajstić information content (AvgIpc) is 3.46. The summed E-state index contributed by atoms with van der Waals surface area (Å²) in [4.78, 5) is 32.7. The van der Waals surface area contributed by atoms with Crippen molar-refractivity contribution in [3.63, 3.8) is 0 Å². The summed E-state index contributed by atoms with van der Waals surface area (Å²) >= 11 is 6.01. The number of H-pyrrole nitrogens is 1. The highest BCUT2D eigenvalue weighted by Crippen LogP contribution is 2.44. The van der Waals surface area contributed by atoms with Gasteiger partial charge in [0.05, 0.1) is 11.1 Å². The molecular weight excluding hydrogens is 531 g/mol. The number of benzene rings is 1. The largest absolute Gasteiger partial charge is 0.453 e. The number of carbonyl (C=O) groups is 1. The maximum Gasteiger partial charge on any atom is 0.453 e. The minimum Gasteiger partial charge on any atom is -0.391 e. The minimum atomic E-state index is -5.73. The SMILES string of the molecule is CC1(c2n[nH]c(=O)o2)C(=O)Nc2nc(-c3nn(CCC(F)(F)C(F)(F)F)c4cc(Cl)ccc34)nc(N)c21. The molecule has 4 N–H and O–H groups in total. The van der Waals surface area contributed by atoms with Crippen molar-refractivity contribution >= 4 is 40.0 Å². The molecule has 5 rings (SSSR count). The third-order valence-corrected chi connectivity index (χ3v) is 6.20. The van der Waals surface area contributed by atoms with Crippen LogP contribution in [0.5, 0.6) is 0 Å². The summed E-state index contributed by atoms with van der Waals surface area (Å²) in [6.45, 7) is 0.580. The number of alkyl halides is 5. The Balaban J connectivity index is 1.61. The highest BCUT2D eigenvalue weighted by molar-refractivity contribution is 6.31. The molecule has 4 aromatic rings. The minimum absolute atomic E-state index is 0.00866. The van der Waals surface area contributed by atoms with E-state index in [1.807, 2.05) is 0 Å². The van der Waals surface area contributed by atoms with Gasteiger partial charge in [0.1, 0.15) is 17.3 Å². The number of aromatic amines is 1. The van der Waals surface area contributed by atoms with Crippen molar-refractivity contribution in [3.8, 4) is 11.5 Å². The molecule has 1 unspecified atom stereocenters. The van der Waals surface area contributed by atoms with Crippen LogP contribution in [0.25, 0.3) is 22.4 Å². The predicted molar refractivity (Wildman–Crippen MR) is 118 cm³/mol. The van der Waals surface area contributed by atoms with Crippen LogP contribution in [-0.2, 0) is 16.8 Å². The lowest BCUT2D eigenvalue weighted by molar-refractivity contribution is -0.285. The summed E-state index contributed by atoms with van der Waals surface area (Å²) in [7, 11) is 0. The highest BCUT2D eigenvalue weighted by atomic mass is 35.5. The number of nitrogens with two attached hydrogens (primary N) is 1. The van der Waals surface area contributed by atoms with E-state index < -0.39 is 42.1 Å². The lowest BCUT2D eigenvalue weighted by Crippen LogP contribution is -2.37. The number of anilines is 2. The number of nitrogens with one attached hydrogen (secondary N) is 2. The standard InChI is InChI=1S/C20H14ClF5N8O3/c1-18(16-31-32-17(36)37-16)10-12(27)28-14(29-13(10)30-15(18)35)11-8-3-2-7(21)6-9(8)34(33-11)5-4-19(22,23)20(24,25)26/h2-3,6H,4-5H2,1H3,(H,32,36)(H3,27,28,29,30,35). The van der Waals surface area contributed by atoms with Crippen LogP contribution in [0.2, 0.25) is 5.02 Å². The Morgan fingerprint density at radius 1 is 1.19 bits per heavy atom. The van der Waals surface area contributed by atoms with Gasteiger partial charge in [0.15, 0.2) is 11.2 Å². The first-order valence-corrected chi connectivity index (χ1v) is 10.8. The topological polar surface area (TPSA) is 158 Å². The number of aromatic nitrogens is 6. The van der Waals surface area contributed by atoms with Gasteiger partial charge in [-0.1, -0.05) is 11.6 Å². The fourth-order valence-electron chi connectivity index (χ4n) is 4.03. The molecule has 0 saturated heterocycles. The third-order valence-electron chi connectivity index (χ3n) is 5.97. The number of aryl methyl sites for hydroxylation is 1. The van der Waals surface area contributed by atoms with Crippen LogP contribution in [0.4, 0.5) is 33.6 Å². The van der Waals surface area contributed by atoms with Gasteiger partial charge in [0.25, 0.3) is 0 Å². The van der Waals surface area contributed by atoms with Gasteiger partial charge in [-0.2, -0.15) is 27.1 Å². The molecule has 1 aromatic carbocycles. The van der Waals surface area contributed by atoms with Crippen LogP contribution >= 0.6 is 11.6 Å². The number of rotatable bonds is 5. The number of hydrogen-bond acceptors (Lipinski definition) is 8. The first-order valence-electron chi connectivity index (χ1n) is 10.4. The smallest absolute Gasteiger partial charge is 0.391 e. The molecule has 0 bridgehead atoms. The van der Waals surface area contributed by atoms with E-state index in [0.29, 0.717) is 0 Å². The normalized spacial score (nSPS) is 17.9. The molecule has 4 heterocycles. The zero-order chi connectivity index (χ0) is 26.9. The fraction of sp³-hybridized carbons (Fsp3) is 0.300. The molecule has 1 atom stereocenters. The van der Waals surface area contributed by atoms with E-state index in [1.54, 1.807) is 0 Å². The molecule has 17 heteroatoms. The fourth-order valence-corrected chi connectivity index (χ4v) is 4.20. The summed E-state index contributed by atoms with van der Waals surface area (Å²) in [5.74, 6) is -7.24. The molecule has 194 valence electrons. The van der Waals surface area contributed by atoms with Gasteiger partial charge in [-0.15, -0.1) is 5.10 Å². The Labute approximate surface area is 206 Å². The average molecular weight is 545 g/mol. The second-order valence-electron chi connectivity index (χ2n) is 8.34. The van der Waals surface area contributed by atoms with E-state index >= 15 is 0 Å². The number of carbonyl (C=O) groups excluding carboxylic acids is 1. The first-order chi connectivity index (χ1) is 17.2. The summed E-state index contributed by atoms with van der Waals surface area (Å²) in [6.07, 6.45) is -7.30.